The number of rotatable bonds is 13. The molecule has 12 heteroatoms. The third kappa shape index (κ3) is 10.4. The summed E-state index contributed by atoms with van der Waals surface area (Å²) in [5, 5.41) is 33.7. The van der Waals surface area contributed by atoms with Crippen molar-refractivity contribution in [1.82, 2.24) is 16.0 Å². The molecule has 0 radical (unpaired) electrons. The first-order chi connectivity index (χ1) is 13.4. The van der Waals surface area contributed by atoms with E-state index >= 15 is 0 Å². The molecule has 3 amide bonds. The number of carboxylic acids is 2. The van der Waals surface area contributed by atoms with Crippen LogP contribution >= 0.6 is 0 Å². The Hall–Kier alpha value is -2.73. The Morgan fingerprint density at radius 3 is 1.72 bits per heavy atom. The van der Waals surface area contributed by atoms with Gasteiger partial charge >= 0.3 is 11.9 Å². The summed E-state index contributed by atoms with van der Waals surface area (Å²) in [6.07, 6.45) is -0.567. The Labute approximate surface area is 168 Å². The van der Waals surface area contributed by atoms with Gasteiger partial charge in [-0.2, -0.15) is 0 Å². The molecule has 0 rings (SSSR count). The van der Waals surface area contributed by atoms with Gasteiger partial charge in [-0.3, -0.25) is 19.2 Å². The maximum Gasteiger partial charge on any atom is 0.328 e. The van der Waals surface area contributed by atoms with E-state index in [-0.39, 0.29) is 18.8 Å². The van der Waals surface area contributed by atoms with Gasteiger partial charge in [0.15, 0.2) is 0 Å². The molecule has 0 bridgehead atoms. The lowest BCUT2D eigenvalue weighted by Crippen LogP contribution is -2.57. The van der Waals surface area contributed by atoms with Crippen molar-refractivity contribution in [2.24, 2.45) is 11.7 Å². The monoisotopic (exact) mass is 418 g/mol. The maximum atomic E-state index is 12.6. The second-order valence-electron chi connectivity index (χ2n) is 7.05. The van der Waals surface area contributed by atoms with Gasteiger partial charge in [-0.15, -0.1) is 0 Å². The molecule has 0 aliphatic carbocycles. The zero-order valence-electron chi connectivity index (χ0n) is 16.7. The number of hydrogen-bond donors (Lipinski definition) is 7. The van der Waals surface area contributed by atoms with Gasteiger partial charge in [0.1, 0.15) is 18.1 Å². The summed E-state index contributed by atoms with van der Waals surface area (Å²) in [5.74, 6) is -5.01. The van der Waals surface area contributed by atoms with Crippen molar-refractivity contribution in [3.05, 3.63) is 0 Å². The molecule has 0 heterocycles. The maximum absolute atomic E-state index is 12.6. The number of nitrogens with two attached hydrogens (primary N) is 1. The van der Waals surface area contributed by atoms with E-state index in [1.807, 2.05) is 19.2 Å². The van der Waals surface area contributed by atoms with Crippen LogP contribution in [0.1, 0.15) is 40.0 Å². The largest absolute Gasteiger partial charge is 0.481 e. The molecule has 166 valence electrons. The van der Waals surface area contributed by atoms with Crippen molar-refractivity contribution < 1.29 is 39.3 Å². The number of carbonyl (C=O) groups excluding carboxylic acids is 3. The van der Waals surface area contributed by atoms with Crippen molar-refractivity contribution >= 4 is 29.7 Å². The number of amides is 3. The zero-order chi connectivity index (χ0) is 22.7. The molecular formula is C17H30N4O8. The van der Waals surface area contributed by atoms with Crippen LogP contribution in [0.25, 0.3) is 0 Å². The molecule has 8 N–H and O–H groups in total. The number of nitrogens with one attached hydrogen (secondary N) is 3. The minimum absolute atomic E-state index is 0.00351. The lowest BCUT2D eigenvalue weighted by Gasteiger charge is -2.25. The number of aliphatic carboxylic acids is 2. The van der Waals surface area contributed by atoms with Crippen LogP contribution in [-0.2, 0) is 24.0 Å². The average Bonchev–Trinajstić information content (AvgIpc) is 2.60. The molecular weight excluding hydrogens is 388 g/mol. The topological polar surface area (TPSA) is 208 Å². The molecule has 0 fully saturated rings. The van der Waals surface area contributed by atoms with E-state index in [0.29, 0.717) is 0 Å². The lowest BCUT2D eigenvalue weighted by atomic mass is 10.0. The molecule has 29 heavy (non-hydrogen) atoms. The average molecular weight is 418 g/mol. The van der Waals surface area contributed by atoms with Crippen LogP contribution in [0.3, 0.4) is 0 Å². The van der Waals surface area contributed by atoms with E-state index in [9.17, 15) is 24.0 Å². The first-order valence-electron chi connectivity index (χ1n) is 9.11. The zero-order valence-corrected chi connectivity index (χ0v) is 16.7. The summed E-state index contributed by atoms with van der Waals surface area (Å²) in [6.45, 7) is 4.17. The lowest BCUT2D eigenvalue weighted by molar-refractivity contribution is -0.144. The molecule has 0 saturated carbocycles. The summed E-state index contributed by atoms with van der Waals surface area (Å²) >= 11 is 0. The second kappa shape index (κ2) is 12.7. The molecule has 0 spiro atoms. The summed E-state index contributed by atoms with van der Waals surface area (Å²) < 4.78 is 0. The van der Waals surface area contributed by atoms with Crippen LogP contribution in [0.15, 0.2) is 0 Å². The fourth-order valence-electron chi connectivity index (χ4n) is 2.27. The Morgan fingerprint density at radius 1 is 0.828 bits per heavy atom. The molecule has 0 aromatic carbocycles. The smallest absolute Gasteiger partial charge is 0.328 e. The van der Waals surface area contributed by atoms with Gasteiger partial charge in [0.05, 0.1) is 12.6 Å². The third-order valence-corrected chi connectivity index (χ3v) is 3.83. The highest BCUT2D eigenvalue weighted by molar-refractivity contribution is 5.94. The number of carboxylic acid groups (broad SMARTS) is 2. The van der Waals surface area contributed by atoms with E-state index in [2.05, 4.69) is 10.6 Å². The van der Waals surface area contributed by atoms with E-state index in [1.54, 1.807) is 0 Å². The van der Waals surface area contributed by atoms with Crippen molar-refractivity contribution in [2.75, 3.05) is 6.61 Å². The standard InChI is InChI=1S/C17H30N4O8/c1-8(2)6-11(20-14(25)9(3)18)16(27)19-10(4-5-13(23)24)15(26)21-12(7-22)17(28)29/h8-12,22H,4-7,18H2,1-3H3,(H,19,27)(H,20,25)(H,21,26)(H,23,24)(H,28,29). The highest BCUT2D eigenvalue weighted by atomic mass is 16.4. The number of carbonyl (C=O) groups is 5. The van der Waals surface area contributed by atoms with Gasteiger partial charge < -0.3 is 37.0 Å². The molecule has 4 unspecified atom stereocenters. The molecule has 12 nitrogen and oxygen atoms in total. The quantitative estimate of drug-likeness (QED) is 0.172. The van der Waals surface area contributed by atoms with Crippen molar-refractivity contribution in [3.63, 3.8) is 0 Å². The van der Waals surface area contributed by atoms with Gasteiger partial charge in [-0.25, -0.2) is 4.79 Å². The van der Waals surface area contributed by atoms with Gasteiger partial charge in [-0.1, -0.05) is 13.8 Å². The van der Waals surface area contributed by atoms with Gasteiger partial charge in [-0.05, 0) is 25.7 Å². The van der Waals surface area contributed by atoms with Crippen LogP contribution in [0.2, 0.25) is 0 Å². The Morgan fingerprint density at radius 2 is 1.31 bits per heavy atom. The van der Waals surface area contributed by atoms with E-state index < -0.39 is 66.9 Å². The Bertz CT molecular complexity index is 608. The van der Waals surface area contributed by atoms with Crippen LogP contribution in [-0.4, -0.2) is 75.8 Å². The van der Waals surface area contributed by atoms with Gasteiger partial charge in [0.2, 0.25) is 17.7 Å². The fourth-order valence-corrected chi connectivity index (χ4v) is 2.27. The minimum atomic E-state index is -1.61. The molecule has 0 aliphatic heterocycles. The van der Waals surface area contributed by atoms with E-state index in [1.165, 1.54) is 6.92 Å². The molecule has 0 aromatic heterocycles. The Kier molecular flexibility index (Phi) is 11.5. The highest BCUT2D eigenvalue weighted by Crippen LogP contribution is 2.07. The normalized spacial score (nSPS) is 15.0. The molecule has 0 aromatic rings. The Balaban J connectivity index is 5.39. The van der Waals surface area contributed by atoms with Crippen LogP contribution in [0.5, 0.6) is 0 Å². The fraction of sp³-hybridized carbons (Fsp3) is 0.706. The number of hydrogen-bond acceptors (Lipinski definition) is 7. The first kappa shape index (κ1) is 26.3. The SMILES string of the molecule is CC(C)CC(NC(=O)C(C)N)C(=O)NC(CCC(=O)O)C(=O)NC(CO)C(=O)O. The third-order valence-electron chi connectivity index (χ3n) is 3.83. The van der Waals surface area contributed by atoms with E-state index in [4.69, 9.17) is 21.1 Å². The number of aliphatic hydroxyl groups is 1. The summed E-state index contributed by atoms with van der Waals surface area (Å²) in [4.78, 5) is 58.7. The van der Waals surface area contributed by atoms with Crippen LogP contribution in [0.4, 0.5) is 0 Å². The van der Waals surface area contributed by atoms with Crippen molar-refractivity contribution in [2.45, 2.75) is 64.2 Å². The van der Waals surface area contributed by atoms with Crippen molar-refractivity contribution in [3.8, 4) is 0 Å². The van der Waals surface area contributed by atoms with E-state index in [0.717, 1.165) is 0 Å². The predicted octanol–water partition coefficient (Wildman–Crippen LogP) is -2.22. The van der Waals surface area contributed by atoms with Gasteiger partial charge in [0, 0.05) is 6.42 Å². The summed E-state index contributed by atoms with van der Waals surface area (Å²) in [7, 11) is 0. The second-order valence-corrected chi connectivity index (χ2v) is 7.05. The molecule has 4 atom stereocenters. The predicted molar refractivity (Wildman–Crippen MR) is 100 cm³/mol. The van der Waals surface area contributed by atoms with Crippen molar-refractivity contribution in [1.29, 1.82) is 0 Å². The first-order valence-corrected chi connectivity index (χ1v) is 9.11. The van der Waals surface area contributed by atoms with Gasteiger partial charge in [0.25, 0.3) is 0 Å². The van der Waals surface area contributed by atoms with Crippen LogP contribution in [0, 0.1) is 5.92 Å². The molecule has 0 saturated heterocycles. The van der Waals surface area contributed by atoms with Crippen LogP contribution < -0.4 is 21.7 Å². The highest BCUT2D eigenvalue weighted by Gasteiger charge is 2.30. The minimum Gasteiger partial charge on any atom is -0.481 e. The number of aliphatic hydroxyl groups excluding tert-OH is 1. The molecule has 0 aliphatic rings. The summed E-state index contributed by atoms with van der Waals surface area (Å²) in [5.41, 5.74) is 5.49. The summed E-state index contributed by atoms with van der Waals surface area (Å²) in [6, 6.07) is -4.89.